The summed E-state index contributed by atoms with van der Waals surface area (Å²) in [7, 11) is 0. The van der Waals surface area contributed by atoms with Crippen molar-refractivity contribution >= 4 is 23.0 Å². The molecule has 5 heteroatoms. The van der Waals surface area contributed by atoms with Crippen molar-refractivity contribution in [1.82, 2.24) is 4.98 Å². The lowest BCUT2D eigenvalue weighted by Crippen LogP contribution is -2.17. The van der Waals surface area contributed by atoms with Crippen LogP contribution in [0, 0.1) is 0 Å². The van der Waals surface area contributed by atoms with Gasteiger partial charge in [-0.2, -0.15) is 5.10 Å². The molecule has 1 aromatic heterocycles. The number of aromatic nitrogens is 1. The van der Waals surface area contributed by atoms with Crippen molar-refractivity contribution in [3.05, 3.63) is 70.9 Å². The van der Waals surface area contributed by atoms with Crippen molar-refractivity contribution in [3.8, 4) is 5.75 Å². The number of nitrogens with zero attached hydrogens (tertiary/aromatic N) is 3. The van der Waals surface area contributed by atoms with Crippen molar-refractivity contribution in [2.24, 2.45) is 15.9 Å². The first-order valence-electron chi connectivity index (χ1n) is 10.1. The Morgan fingerprint density at radius 2 is 1.67 bits per heavy atom. The Labute approximate surface area is 178 Å². The molecule has 0 unspecified atom stereocenters. The maximum atomic E-state index is 10.8. The molecular weight excluding hydrogens is 372 g/mol. The van der Waals surface area contributed by atoms with E-state index in [0.29, 0.717) is 11.3 Å². The van der Waals surface area contributed by atoms with Gasteiger partial charge >= 0.3 is 0 Å². The quantitative estimate of drug-likeness (QED) is 0.355. The van der Waals surface area contributed by atoms with Gasteiger partial charge in [0, 0.05) is 16.5 Å². The van der Waals surface area contributed by atoms with Crippen LogP contribution in [0.5, 0.6) is 5.75 Å². The molecule has 0 saturated carbocycles. The molecule has 2 aromatic carbocycles. The lowest BCUT2D eigenvalue weighted by atomic mass is 9.79. The molecule has 0 aliphatic heterocycles. The van der Waals surface area contributed by atoms with Gasteiger partial charge in [-0.05, 0) is 34.6 Å². The molecular formula is C25H30N4O. The first-order valence-corrected chi connectivity index (χ1v) is 10.1. The number of hydrogen-bond donors (Lipinski definition) is 2. The van der Waals surface area contributed by atoms with Crippen LogP contribution in [0.15, 0.2) is 58.7 Å². The van der Waals surface area contributed by atoms with Gasteiger partial charge in [0.15, 0.2) is 5.84 Å². The highest BCUT2D eigenvalue weighted by atomic mass is 16.3. The summed E-state index contributed by atoms with van der Waals surface area (Å²) in [5.41, 5.74) is 9.87. The molecule has 3 N–H and O–H groups in total. The summed E-state index contributed by atoms with van der Waals surface area (Å²) in [4.78, 5) is 4.53. The number of hydrogen-bond acceptors (Lipinski definition) is 4. The van der Waals surface area contributed by atoms with Crippen LogP contribution < -0.4 is 5.73 Å². The Morgan fingerprint density at radius 1 is 0.967 bits per heavy atom. The van der Waals surface area contributed by atoms with Gasteiger partial charge in [-0.3, -0.25) is 0 Å². The third-order valence-corrected chi connectivity index (χ3v) is 5.04. The van der Waals surface area contributed by atoms with Crippen LogP contribution >= 0.6 is 0 Å². The van der Waals surface area contributed by atoms with Crippen molar-refractivity contribution in [2.45, 2.75) is 52.4 Å². The molecule has 0 aliphatic rings. The van der Waals surface area contributed by atoms with E-state index in [4.69, 9.17) is 5.73 Å². The molecule has 0 saturated heterocycles. The van der Waals surface area contributed by atoms with Crippen molar-refractivity contribution in [2.75, 3.05) is 0 Å². The van der Waals surface area contributed by atoms with E-state index in [1.807, 2.05) is 42.5 Å². The zero-order chi connectivity index (χ0) is 22.1. The Balaban J connectivity index is 1.97. The van der Waals surface area contributed by atoms with Gasteiger partial charge in [-0.25, -0.2) is 4.98 Å². The lowest BCUT2D eigenvalue weighted by Gasteiger charge is -2.26. The second kappa shape index (κ2) is 7.90. The van der Waals surface area contributed by atoms with E-state index < -0.39 is 0 Å². The molecule has 3 rings (SSSR count). The molecule has 0 bridgehead atoms. The molecule has 0 amide bonds. The first-order chi connectivity index (χ1) is 14.0. The van der Waals surface area contributed by atoms with E-state index in [-0.39, 0.29) is 22.4 Å². The van der Waals surface area contributed by atoms with E-state index in [2.05, 4.69) is 62.8 Å². The van der Waals surface area contributed by atoms with Crippen LogP contribution in [-0.4, -0.2) is 22.1 Å². The molecule has 1 heterocycles. The van der Waals surface area contributed by atoms with Crippen molar-refractivity contribution in [3.63, 3.8) is 0 Å². The summed E-state index contributed by atoms with van der Waals surface area (Å²) < 4.78 is 0. The number of phenolic OH excluding ortho intramolecular Hbond substituents is 1. The summed E-state index contributed by atoms with van der Waals surface area (Å²) in [6.07, 6.45) is 1.55. The zero-order valence-electron chi connectivity index (χ0n) is 18.6. The van der Waals surface area contributed by atoms with Crippen LogP contribution in [0.4, 0.5) is 0 Å². The van der Waals surface area contributed by atoms with Gasteiger partial charge in [0.05, 0.1) is 11.7 Å². The number of benzene rings is 2. The number of fused-ring (bicyclic) bond motifs is 1. The number of rotatable bonds is 3. The standard InChI is InChI=1S/C25H30N4O/c1-24(2,3)18-13-17(22(30)19(14-18)25(4,5)6)15-27-29-23(26)21-12-11-16-9-7-8-10-20(16)28-21/h7-15,30H,1-6H3,(H2,26,29)/b27-15+. The molecule has 0 atom stereocenters. The number of amidine groups is 1. The van der Waals surface area contributed by atoms with Crippen LogP contribution in [0.25, 0.3) is 10.9 Å². The summed E-state index contributed by atoms with van der Waals surface area (Å²) in [6.45, 7) is 12.7. The lowest BCUT2D eigenvalue weighted by molar-refractivity contribution is 0.444. The highest BCUT2D eigenvalue weighted by Gasteiger charge is 2.24. The number of nitrogens with two attached hydrogens (primary N) is 1. The van der Waals surface area contributed by atoms with Crippen molar-refractivity contribution in [1.29, 1.82) is 0 Å². The highest BCUT2D eigenvalue weighted by Crippen LogP contribution is 2.37. The van der Waals surface area contributed by atoms with Gasteiger partial charge in [0.25, 0.3) is 0 Å². The van der Waals surface area contributed by atoms with Gasteiger partial charge in [0.1, 0.15) is 11.4 Å². The van der Waals surface area contributed by atoms with Crippen LogP contribution in [-0.2, 0) is 10.8 Å². The third kappa shape index (κ3) is 4.67. The zero-order valence-corrected chi connectivity index (χ0v) is 18.6. The Kier molecular flexibility index (Phi) is 5.66. The average molecular weight is 403 g/mol. The topological polar surface area (TPSA) is 83.9 Å². The SMILES string of the molecule is CC(C)(C)c1cc(/C=N/N=C(\N)c2ccc3ccccc3n2)c(O)c(C(C)(C)C)c1. The van der Waals surface area contributed by atoms with Gasteiger partial charge < -0.3 is 10.8 Å². The first kappa shape index (κ1) is 21.5. The monoisotopic (exact) mass is 402 g/mol. The minimum absolute atomic E-state index is 0.0619. The Morgan fingerprint density at radius 3 is 2.33 bits per heavy atom. The second-order valence-corrected chi connectivity index (χ2v) is 9.58. The summed E-state index contributed by atoms with van der Waals surface area (Å²) >= 11 is 0. The smallest absolute Gasteiger partial charge is 0.172 e. The van der Waals surface area contributed by atoms with Gasteiger partial charge in [0.2, 0.25) is 0 Å². The molecule has 5 nitrogen and oxygen atoms in total. The Bertz CT molecular complexity index is 1130. The second-order valence-electron chi connectivity index (χ2n) is 9.58. The fraction of sp³-hybridized carbons (Fsp3) is 0.320. The maximum absolute atomic E-state index is 10.8. The average Bonchev–Trinajstić information content (AvgIpc) is 2.67. The number of para-hydroxylation sites is 1. The molecule has 0 radical (unpaired) electrons. The Hall–Kier alpha value is -3.21. The van der Waals surface area contributed by atoms with Crippen LogP contribution in [0.3, 0.4) is 0 Å². The summed E-state index contributed by atoms with van der Waals surface area (Å²) in [6, 6.07) is 15.6. The van der Waals surface area contributed by atoms with Crippen LogP contribution in [0.1, 0.15) is 63.9 Å². The fourth-order valence-corrected chi connectivity index (χ4v) is 3.17. The molecule has 30 heavy (non-hydrogen) atoms. The molecule has 0 fully saturated rings. The predicted molar refractivity (Wildman–Crippen MR) is 126 cm³/mol. The fourth-order valence-electron chi connectivity index (χ4n) is 3.17. The molecule has 156 valence electrons. The van der Waals surface area contributed by atoms with Gasteiger partial charge in [-0.1, -0.05) is 71.9 Å². The van der Waals surface area contributed by atoms with E-state index in [1.165, 1.54) is 0 Å². The van der Waals surface area contributed by atoms with Gasteiger partial charge in [-0.15, -0.1) is 5.10 Å². The molecule has 0 spiro atoms. The molecule has 0 aliphatic carbocycles. The third-order valence-electron chi connectivity index (χ3n) is 5.04. The number of pyridine rings is 1. The van der Waals surface area contributed by atoms with Crippen LogP contribution in [0.2, 0.25) is 0 Å². The minimum atomic E-state index is -0.203. The predicted octanol–water partition coefficient (Wildman–Crippen LogP) is 5.27. The van der Waals surface area contributed by atoms with E-state index in [0.717, 1.165) is 22.0 Å². The number of aromatic hydroxyl groups is 1. The van der Waals surface area contributed by atoms with E-state index >= 15 is 0 Å². The highest BCUT2D eigenvalue weighted by molar-refractivity contribution is 5.98. The maximum Gasteiger partial charge on any atom is 0.172 e. The summed E-state index contributed by atoms with van der Waals surface area (Å²) in [5.74, 6) is 0.441. The van der Waals surface area contributed by atoms with E-state index in [9.17, 15) is 5.11 Å². The van der Waals surface area contributed by atoms with E-state index in [1.54, 1.807) is 6.21 Å². The number of phenols is 1. The largest absolute Gasteiger partial charge is 0.507 e. The molecule has 3 aromatic rings. The summed E-state index contributed by atoms with van der Waals surface area (Å²) in [5, 5.41) is 20.1. The minimum Gasteiger partial charge on any atom is -0.507 e. The van der Waals surface area contributed by atoms with Crippen molar-refractivity contribution < 1.29 is 5.11 Å². The normalized spacial score (nSPS) is 13.3.